The van der Waals surface area contributed by atoms with Gasteiger partial charge in [-0.15, -0.1) is 0 Å². The van der Waals surface area contributed by atoms with E-state index in [1.165, 1.54) is 0 Å². The van der Waals surface area contributed by atoms with Crippen LogP contribution in [0, 0.1) is 0 Å². The van der Waals surface area contributed by atoms with Gasteiger partial charge in [0.1, 0.15) is 0 Å². The summed E-state index contributed by atoms with van der Waals surface area (Å²) in [6.07, 6.45) is 0. The van der Waals surface area contributed by atoms with E-state index in [-0.39, 0.29) is 18.5 Å². The quantitative estimate of drug-likeness (QED) is 0.598. The van der Waals surface area contributed by atoms with Gasteiger partial charge in [-0.1, -0.05) is 0 Å². The average Bonchev–Trinajstić information content (AvgIpc) is 2.19. The number of nitrogens with zero attached hydrogens (tertiary/aromatic N) is 1. The Labute approximate surface area is 84.6 Å². The highest BCUT2D eigenvalue weighted by atomic mass is 16.5. The minimum absolute atomic E-state index is 0.0629. The monoisotopic (exact) mass is 201 g/mol. The first-order valence-corrected chi connectivity index (χ1v) is 5.02. The number of morpholine rings is 1. The van der Waals surface area contributed by atoms with Gasteiger partial charge < -0.3 is 15.8 Å². The minimum Gasteiger partial charge on any atom is -0.379 e. The van der Waals surface area contributed by atoms with Gasteiger partial charge in [0.25, 0.3) is 0 Å². The molecule has 1 aliphatic heterocycles. The lowest BCUT2D eigenvalue weighted by Gasteiger charge is -2.29. The van der Waals surface area contributed by atoms with E-state index in [2.05, 4.69) is 10.2 Å². The molecule has 5 heteroatoms. The Kier molecular flexibility index (Phi) is 4.86. The summed E-state index contributed by atoms with van der Waals surface area (Å²) in [4.78, 5) is 13.3. The SMILES string of the molecule is CC(CN1CCOCC1)NC(=O)CN. The Bertz CT molecular complexity index is 181. The maximum Gasteiger partial charge on any atom is 0.233 e. The van der Waals surface area contributed by atoms with E-state index in [9.17, 15) is 4.79 Å². The standard InChI is InChI=1S/C9H19N3O2/c1-8(11-9(13)6-10)7-12-2-4-14-5-3-12/h8H,2-7,10H2,1H3,(H,11,13). The van der Waals surface area contributed by atoms with E-state index in [4.69, 9.17) is 10.5 Å². The maximum absolute atomic E-state index is 11.0. The van der Waals surface area contributed by atoms with Crippen molar-refractivity contribution in [1.82, 2.24) is 10.2 Å². The van der Waals surface area contributed by atoms with Gasteiger partial charge in [0, 0.05) is 25.7 Å². The number of rotatable bonds is 4. The lowest BCUT2D eigenvalue weighted by atomic mass is 10.3. The molecule has 3 N–H and O–H groups in total. The first-order valence-electron chi connectivity index (χ1n) is 5.02. The molecule has 0 bridgehead atoms. The maximum atomic E-state index is 11.0. The van der Waals surface area contributed by atoms with Crippen molar-refractivity contribution in [2.24, 2.45) is 5.73 Å². The number of hydrogen-bond donors (Lipinski definition) is 2. The summed E-state index contributed by atoms with van der Waals surface area (Å²) in [7, 11) is 0. The van der Waals surface area contributed by atoms with Crippen LogP contribution in [0.4, 0.5) is 0 Å². The number of ether oxygens (including phenoxy) is 1. The molecule has 1 rings (SSSR count). The molecule has 82 valence electrons. The van der Waals surface area contributed by atoms with E-state index in [0.29, 0.717) is 0 Å². The van der Waals surface area contributed by atoms with Crippen molar-refractivity contribution < 1.29 is 9.53 Å². The summed E-state index contributed by atoms with van der Waals surface area (Å²) in [5.41, 5.74) is 5.21. The molecule has 0 aliphatic carbocycles. The summed E-state index contributed by atoms with van der Waals surface area (Å²) in [6.45, 7) is 6.40. The number of carbonyl (C=O) groups excluding carboxylic acids is 1. The zero-order valence-corrected chi connectivity index (χ0v) is 8.66. The van der Waals surface area contributed by atoms with E-state index >= 15 is 0 Å². The average molecular weight is 201 g/mol. The number of nitrogens with one attached hydrogen (secondary N) is 1. The largest absolute Gasteiger partial charge is 0.379 e. The fourth-order valence-electron chi connectivity index (χ4n) is 1.55. The zero-order valence-electron chi connectivity index (χ0n) is 8.66. The Morgan fingerprint density at radius 1 is 1.57 bits per heavy atom. The van der Waals surface area contributed by atoms with Gasteiger partial charge in [-0.3, -0.25) is 9.69 Å². The lowest BCUT2D eigenvalue weighted by Crippen LogP contribution is -2.47. The number of nitrogens with two attached hydrogens (primary N) is 1. The highest BCUT2D eigenvalue weighted by Gasteiger charge is 2.14. The smallest absolute Gasteiger partial charge is 0.233 e. The molecule has 1 unspecified atom stereocenters. The highest BCUT2D eigenvalue weighted by Crippen LogP contribution is 1.97. The minimum atomic E-state index is -0.0919. The Balaban J connectivity index is 2.18. The van der Waals surface area contributed by atoms with Crippen LogP contribution in [-0.2, 0) is 9.53 Å². The van der Waals surface area contributed by atoms with Crippen LogP contribution in [0.2, 0.25) is 0 Å². The van der Waals surface area contributed by atoms with Gasteiger partial charge in [0.15, 0.2) is 0 Å². The van der Waals surface area contributed by atoms with Crippen LogP contribution in [0.3, 0.4) is 0 Å². The second-order valence-electron chi connectivity index (χ2n) is 3.59. The molecule has 0 aromatic rings. The molecule has 5 nitrogen and oxygen atoms in total. The van der Waals surface area contributed by atoms with Crippen molar-refractivity contribution in [3.8, 4) is 0 Å². The third kappa shape index (κ3) is 4.04. The summed E-state index contributed by atoms with van der Waals surface area (Å²) in [5, 5.41) is 2.83. The van der Waals surface area contributed by atoms with Gasteiger partial charge in [-0.05, 0) is 6.92 Å². The van der Waals surface area contributed by atoms with Gasteiger partial charge >= 0.3 is 0 Å². The molecule has 1 aliphatic rings. The zero-order chi connectivity index (χ0) is 10.4. The second kappa shape index (κ2) is 5.95. The molecule has 1 saturated heterocycles. The predicted molar refractivity (Wildman–Crippen MR) is 53.9 cm³/mol. The molecule has 0 spiro atoms. The van der Waals surface area contributed by atoms with E-state index in [1.54, 1.807) is 0 Å². The highest BCUT2D eigenvalue weighted by molar-refractivity contribution is 5.78. The summed E-state index contributed by atoms with van der Waals surface area (Å²) in [6, 6.07) is 0.157. The van der Waals surface area contributed by atoms with Gasteiger partial charge in [-0.25, -0.2) is 0 Å². The fourth-order valence-corrected chi connectivity index (χ4v) is 1.55. The molecular weight excluding hydrogens is 182 g/mol. The van der Waals surface area contributed by atoms with Crippen molar-refractivity contribution in [3.63, 3.8) is 0 Å². The molecule has 0 radical (unpaired) electrons. The van der Waals surface area contributed by atoms with Crippen LogP contribution in [0.5, 0.6) is 0 Å². The molecule has 14 heavy (non-hydrogen) atoms. The molecule has 1 amide bonds. The molecule has 0 saturated carbocycles. The molecular formula is C9H19N3O2. The Morgan fingerprint density at radius 2 is 2.21 bits per heavy atom. The first-order chi connectivity index (χ1) is 6.72. The van der Waals surface area contributed by atoms with Crippen LogP contribution in [0.25, 0.3) is 0 Å². The van der Waals surface area contributed by atoms with Crippen LogP contribution in [0.15, 0.2) is 0 Å². The third-order valence-electron chi connectivity index (χ3n) is 2.23. The van der Waals surface area contributed by atoms with Gasteiger partial charge in [0.2, 0.25) is 5.91 Å². The molecule has 1 heterocycles. The first kappa shape index (κ1) is 11.4. The Morgan fingerprint density at radius 3 is 2.79 bits per heavy atom. The summed E-state index contributed by atoms with van der Waals surface area (Å²) in [5.74, 6) is -0.0919. The molecule has 0 aromatic carbocycles. The topological polar surface area (TPSA) is 67.6 Å². The van der Waals surface area contributed by atoms with Crippen molar-refractivity contribution in [2.45, 2.75) is 13.0 Å². The summed E-state index contributed by atoms with van der Waals surface area (Å²) >= 11 is 0. The van der Waals surface area contributed by atoms with Crippen LogP contribution in [0.1, 0.15) is 6.92 Å². The van der Waals surface area contributed by atoms with E-state index in [0.717, 1.165) is 32.8 Å². The number of amides is 1. The van der Waals surface area contributed by atoms with Crippen LogP contribution >= 0.6 is 0 Å². The lowest BCUT2D eigenvalue weighted by molar-refractivity contribution is -0.120. The second-order valence-corrected chi connectivity index (χ2v) is 3.59. The Hall–Kier alpha value is -0.650. The number of carbonyl (C=O) groups is 1. The number of hydrogen-bond acceptors (Lipinski definition) is 4. The normalized spacial score (nSPS) is 20.4. The third-order valence-corrected chi connectivity index (χ3v) is 2.23. The fraction of sp³-hybridized carbons (Fsp3) is 0.889. The van der Waals surface area contributed by atoms with Crippen molar-refractivity contribution in [3.05, 3.63) is 0 Å². The van der Waals surface area contributed by atoms with Crippen molar-refractivity contribution in [1.29, 1.82) is 0 Å². The van der Waals surface area contributed by atoms with Crippen LogP contribution in [-0.4, -0.2) is 56.2 Å². The molecule has 1 fully saturated rings. The van der Waals surface area contributed by atoms with Crippen molar-refractivity contribution >= 4 is 5.91 Å². The van der Waals surface area contributed by atoms with Crippen molar-refractivity contribution in [2.75, 3.05) is 39.4 Å². The van der Waals surface area contributed by atoms with Crippen LogP contribution < -0.4 is 11.1 Å². The molecule has 0 aromatic heterocycles. The molecule has 1 atom stereocenters. The van der Waals surface area contributed by atoms with E-state index < -0.39 is 0 Å². The predicted octanol–water partition coefficient (Wildman–Crippen LogP) is -1.22. The van der Waals surface area contributed by atoms with E-state index in [1.807, 2.05) is 6.92 Å². The van der Waals surface area contributed by atoms with Gasteiger partial charge in [0.05, 0.1) is 19.8 Å². The summed E-state index contributed by atoms with van der Waals surface area (Å²) < 4.78 is 5.23. The van der Waals surface area contributed by atoms with Gasteiger partial charge in [-0.2, -0.15) is 0 Å².